The Balaban J connectivity index is 2.26. The molecule has 0 amide bonds. The van der Waals surface area contributed by atoms with E-state index in [1.807, 2.05) is 0 Å². The van der Waals surface area contributed by atoms with Crippen molar-refractivity contribution in [3.05, 3.63) is 29.8 Å². The van der Waals surface area contributed by atoms with Gasteiger partial charge in [-0.2, -0.15) is 4.31 Å². The number of halogens is 2. The van der Waals surface area contributed by atoms with E-state index in [1.165, 1.54) is 0 Å². The van der Waals surface area contributed by atoms with Gasteiger partial charge in [0.1, 0.15) is 11.6 Å². The molecule has 1 saturated heterocycles. The van der Waals surface area contributed by atoms with E-state index in [9.17, 15) is 22.3 Å². The van der Waals surface area contributed by atoms with Crippen LogP contribution in [0.4, 0.5) is 8.78 Å². The number of hydrogen-bond acceptors (Lipinski definition) is 3. The van der Waals surface area contributed by atoms with Crippen molar-refractivity contribution < 1.29 is 22.3 Å². The molecule has 4 nitrogen and oxygen atoms in total. The molecule has 0 unspecified atom stereocenters. The van der Waals surface area contributed by atoms with Gasteiger partial charge in [0.15, 0.2) is 0 Å². The highest BCUT2D eigenvalue weighted by molar-refractivity contribution is 7.89. The lowest BCUT2D eigenvalue weighted by atomic mass is 9.85. The summed E-state index contributed by atoms with van der Waals surface area (Å²) >= 11 is 0. The van der Waals surface area contributed by atoms with Gasteiger partial charge in [-0.3, -0.25) is 0 Å². The number of nitrogens with zero attached hydrogens (tertiary/aromatic N) is 1. The van der Waals surface area contributed by atoms with Crippen molar-refractivity contribution in [2.24, 2.45) is 5.92 Å². The summed E-state index contributed by atoms with van der Waals surface area (Å²) in [4.78, 5) is -0.434. The summed E-state index contributed by atoms with van der Waals surface area (Å²) in [6.45, 7) is 3.44. The van der Waals surface area contributed by atoms with Crippen LogP contribution < -0.4 is 0 Å². The van der Waals surface area contributed by atoms with Gasteiger partial charge in [-0.1, -0.05) is 13.8 Å². The molecule has 1 aromatic carbocycles. The Labute approximate surface area is 110 Å². The smallest absolute Gasteiger partial charge is 0.243 e. The van der Waals surface area contributed by atoms with Crippen molar-refractivity contribution >= 4 is 10.0 Å². The maximum Gasteiger partial charge on any atom is 0.243 e. The van der Waals surface area contributed by atoms with Crippen LogP contribution in [-0.2, 0) is 10.0 Å². The van der Waals surface area contributed by atoms with E-state index < -0.39 is 32.2 Å². The molecule has 0 radical (unpaired) electrons. The van der Waals surface area contributed by atoms with Crippen LogP contribution in [0, 0.1) is 17.6 Å². The van der Waals surface area contributed by atoms with Crippen molar-refractivity contribution in [3.63, 3.8) is 0 Å². The van der Waals surface area contributed by atoms with E-state index in [-0.39, 0.29) is 19.0 Å². The SMILES string of the molecule is CC(C)C1(O)CN(S(=O)(=O)c2cc(F)cc(F)c2)C1. The number of aliphatic hydroxyl groups is 1. The summed E-state index contributed by atoms with van der Waals surface area (Å²) in [7, 11) is -3.96. The van der Waals surface area contributed by atoms with Crippen molar-refractivity contribution in [2.45, 2.75) is 24.3 Å². The average molecular weight is 291 g/mol. The largest absolute Gasteiger partial charge is 0.387 e. The monoisotopic (exact) mass is 291 g/mol. The third-order valence-electron chi connectivity index (χ3n) is 3.45. The predicted molar refractivity (Wildman–Crippen MR) is 64.9 cm³/mol. The molecule has 0 bridgehead atoms. The van der Waals surface area contributed by atoms with Gasteiger partial charge in [0.05, 0.1) is 10.5 Å². The summed E-state index contributed by atoms with van der Waals surface area (Å²) in [5, 5.41) is 10.0. The van der Waals surface area contributed by atoms with Crippen LogP contribution in [0.3, 0.4) is 0 Å². The lowest BCUT2D eigenvalue weighted by Crippen LogP contribution is -2.65. The van der Waals surface area contributed by atoms with Crippen molar-refractivity contribution in [2.75, 3.05) is 13.1 Å². The first kappa shape index (κ1) is 14.4. The molecule has 1 aromatic rings. The quantitative estimate of drug-likeness (QED) is 0.914. The minimum atomic E-state index is -3.96. The Hall–Kier alpha value is -1.05. The number of rotatable bonds is 3. The Morgan fingerprint density at radius 2 is 1.68 bits per heavy atom. The fourth-order valence-corrected chi connectivity index (χ4v) is 3.53. The van der Waals surface area contributed by atoms with Crippen LogP contribution in [-0.4, -0.2) is 36.5 Å². The zero-order valence-electron chi connectivity index (χ0n) is 10.6. The molecule has 106 valence electrons. The van der Waals surface area contributed by atoms with E-state index >= 15 is 0 Å². The van der Waals surface area contributed by atoms with Crippen LogP contribution in [0.5, 0.6) is 0 Å². The van der Waals surface area contributed by atoms with Crippen LogP contribution in [0.2, 0.25) is 0 Å². The summed E-state index contributed by atoms with van der Waals surface area (Å²) in [6, 6.07) is 2.15. The van der Waals surface area contributed by atoms with E-state index in [0.29, 0.717) is 6.07 Å². The van der Waals surface area contributed by atoms with Gasteiger partial charge >= 0.3 is 0 Å². The topological polar surface area (TPSA) is 57.6 Å². The Bertz CT molecular complexity index is 575. The number of hydrogen-bond donors (Lipinski definition) is 1. The molecular formula is C12H15F2NO3S. The summed E-state index contributed by atoms with van der Waals surface area (Å²) in [6.07, 6.45) is 0. The average Bonchev–Trinajstić information content (AvgIpc) is 2.22. The van der Waals surface area contributed by atoms with Crippen molar-refractivity contribution in [3.8, 4) is 0 Å². The molecule has 1 heterocycles. The van der Waals surface area contributed by atoms with Crippen LogP contribution >= 0.6 is 0 Å². The highest BCUT2D eigenvalue weighted by atomic mass is 32.2. The molecule has 0 spiro atoms. The predicted octanol–water partition coefficient (Wildman–Crippen LogP) is 1.36. The molecule has 0 aliphatic carbocycles. The normalized spacial score (nSPS) is 19.5. The first-order chi connectivity index (χ1) is 8.65. The summed E-state index contributed by atoms with van der Waals surface area (Å²) in [5.74, 6) is -1.99. The molecule has 0 aromatic heterocycles. The second kappa shape index (κ2) is 4.50. The zero-order valence-corrected chi connectivity index (χ0v) is 11.4. The van der Waals surface area contributed by atoms with Crippen molar-refractivity contribution in [1.29, 1.82) is 0 Å². The molecule has 1 fully saturated rings. The third kappa shape index (κ3) is 2.50. The van der Waals surface area contributed by atoms with Gasteiger partial charge in [0, 0.05) is 19.2 Å². The standard InChI is InChI=1S/C12H15F2NO3S/c1-8(2)12(16)6-15(7-12)19(17,18)11-4-9(13)3-10(14)5-11/h3-5,8,16H,6-7H2,1-2H3. The minimum Gasteiger partial charge on any atom is -0.387 e. The highest BCUT2D eigenvalue weighted by Gasteiger charge is 2.49. The van der Waals surface area contributed by atoms with E-state index in [0.717, 1.165) is 16.4 Å². The van der Waals surface area contributed by atoms with E-state index in [1.54, 1.807) is 13.8 Å². The van der Waals surface area contributed by atoms with Crippen molar-refractivity contribution in [1.82, 2.24) is 4.31 Å². The highest BCUT2D eigenvalue weighted by Crippen LogP contribution is 2.33. The number of benzene rings is 1. The maximum absolute atomic E-state index is 13.1. The second-order valence-electron chi connectivity index (χ2n) is 5.14. The molecule has 19 heavy (non-hydrogen) atoms. The Kier molecular flexibility index (Phi) is 3.40. The first-order valence-corrected chi connectivity index (χ1v) is 7.28. The number of β-amino-alcohol motifs (C(OH)–C–C–N with tert-alkyl or cyclic N) is 1. The van der Waals surface area contributed by atoms with E-state index in [4.69, 9.17) is 0 Å². The van der Waals surface area contributed by atoms with Gasteiger partial charge in [0.25, 0.3) is 0 Å². The third-order valence-corrected chi connectivity index (χ3v) is 5.22. The van der Waals surface area contributed by atoms with Gasteiger partial charge in [-0.25, -0.2) is 17.2 Å². The fraction of sp³-hybridized carbons (Fsp3) is 0.500. The van der Waals surface area contributed by atoms with Gasteiger partial charge in [-0.15, -0.1) is 0 Å². The molecule has 7 heteroatoms. The molecule has 0 atom stereocenters. The summed E-state index contributed by atoms with van der Waals surface area (Å²) < 4.78 is 51.3. The first-order valence-electron chi connectivity index (χ1n) is 5.84. The molecule has 0 saturated carbocycles. The maximum atomic E-state index is 13.1. The lowest BCUT2D eigenvalue weighted by molar-refractivity contribution is -0.0932. The minimum absolute atomic E-state index is 0.0644. The van der Waals surface area contributed by atoms with Crippen LogP contribution in [0.1, 0.15) is 13.8 Å². The Morgan fingerprint density at radius 1 is 1.21 bits per heavy atom. The molecule has 1 N–H and O–H groups in total. The van der Waals surface area contributed by atoms with Gasteiger partial charge in [0.2, 0.25) is 10.0 Å². The molecular weight excluding hydrogens is 276 g/mol. The number of sulfonamides is 1. The van der Waals surface area contributed by atoms with Gasteiger partial charge in [-0.05, 0) is 18.1 Å². The van der Waals surface area contributed by atoms with Gasteiger partial charge < -0.3 is 5.11 Å². The zero-order chi connectivity index (χ0) is 14.4. The molecule has 1 aliphatic heterocycles. The van der Waals surface area contributed by atoms with E-state index in [2.05, 4.69) is 0 Å². The summed E-state index contributed by atoms with van der Waals surface area (Å²) in [5.41, 5.74) is -1.07. The fourth-order valence-electron chi connectivity index (χ4n) is 1.93. The molecule has 2 rings (SSSR count). The second-order valence-corrected chi connectivity index (χ2v) is 7.07. The Morgan fingerprint density at radius 3 is 2.11 bits per heavy atom. The van der Waals surface area contributed by atoms with Crippen LogP contribution in [0.15, 0.2) is 23.1 Å². The lowest BCUT2D eigenvalue weighted by Gasteiger charge is -2.47. The van der Waals surface area contributed by atoms with Crippen LogP contribution in [0.25, 0.3) is 0 Å². The molecule has 1 aliphatic rings.